The number of benzene rings is 7. The number of fused-ring (bicyclic) bond motifs is 9. The van der Waals surface area contributed by atoms with E-state index in [-0.39, 0.29) is 0 Å². The summed E-state index contributed by atoms with van der Waals surface area (Å²) in [5.41, 5.74) is 10.3. The topological polar surface area (TPSA) is 57.4 Å². The Morgan fingerprint density at radius 2 is 1.02 bits per heavy atom. The third kappa shape index (κ3) is 4.01. The zero-order valence-electron chi connectivity index (χ0n) is 26.1. The van der Waals surface area contributed by atoms with E-state index in [0.29, 0.717) is 5.56 Å². The van der Waals surface area contributed by atoms with Gasteiger partial charge < -0.3 is 9.13 Å². The first-order chi connectivity index (χ1) is 24.2. The maximum absolute atomic E-state index is 9.79. The Morgan fingerprint density at radius 3 is 1.69 bits per heavy atom. The molecule has 0 bridgehead atoms. The van der Waals surface area contributed by atoms with Crippen LogP contribution in [0.3, 0.4) is 0 Å². The summed E-state index contributed by atoms with van der Waals surface area (Å²) in [7, 11) is 0. The van der Waals surface area contributed by atoms with Gasteiger partial charge in [-0.2, -0.15) is 10.5 Å². The summed E-state index contributed by atoms with van der Waals surface area (Å²) in [4.78, 5) is 0. The van der Waals surface area contributed by atoms with Crippen molar-refractivity contribution in [3.05, 3.63) is 157 Å². The number of nitrogens with zero attached hydrogens (tertiary/aromatic N) is 4. The highest BCUT2D eigenvalue weighted by Crippen LogP contribution is 2.42. The Hall–Kier alpha value is -6.66. The Kier molecular flexibility index (Phi) is 5.84. The summed E-state index contributed by atoms with van der Waals surface area (Å²) < 4.78 is 6.89. The number of nitriles is 2. The number of para-hydroxylation sites is 2. The molecule has 0 aliphatic carbocycles. The fraction of sp³-hybridized carbons (Fsp3) is 0. The largest absolute Gasteiger partial charge is 0.309 e. The Bertz CT molecular complexity index is 3090. The Balaban J connectivity index is 1.17. The standard InChI is InChI=1S/C44H24N4S/c45-25-27-18-19-41-36(20-27)33-13-1-3-16-39(33)47(41)31-11-5-8-28(21-31)29-9-6-12-32(22-29)48-40-17-4-2-14-34(40)37-24-43-38(23-42(37)48)35-15-7-10-30(26-46)44(35)49-43/h1-24H. The van der Waals surface area contributed by atoms with Crippen LogP contribution in [0.25, 0.3) is 86.3 Å². The molecule has 10 aromatic rings. The van der Waals surface area contributed by atoms with Crippen molar-refractivity contribution >= 4 is 75.1 Å². The zero-order valence-corrected chi connectivity index (χ0v) is 26.9. The van der Waals surface area contributed by atoms with E-state index in [9.17, 15) is 10.5 Å². The van der Waals surface area contributed by atoms with E-state index < -0.39 is 0 Å². The summed E-state index contributed by atoms with van der Waals surface area (Å²) in [5, 5.41) is 26.3. The molecule has 0 N–H and O–H groups in total. The fourth-order valence-electron chi connectivity index (χ4n) is 7.60. The van der Waals surface area contributed by atoms with Crippen molar-refractivity contribution in [1.29, 1.82) is 10.5 Å². The third-order valence-electron chi connectivity index (χ3n) is 9.76. The van der Waals surface area contributed by atoms with Gasteiger partial charge in [-0.05, 0) is 83.9 Å². The number of hydrogen-bond acceptors (Lipinski definition) is 3. The molecule has 0 saturated heterocycles. The summed E-state index contributed by atoms with van der Waals surface area (Å²) >= 11 is 1.70. The van der Waals surface area contributed by atoms with Gasteiger partial charge in [-0.3, -0.25) is 0 Å². The monoisotopic (exact) mass is 640 g/mol. The van der Waals surface area contributed by atoms with Crippen molar-refractivity contribution in [2.24, 2.45) is 0 Å². The van der Waals surface area contributed by atoms with Crippen molar-refractivity contribution in [3.8, 4) is 34.6 Å². The maximum Gasteiger partial charge on any atom is 0.101 e. The first-order valence-electron chi connectivity index (χ1n) is 16.1. The summed E-state index contributed by atoms with van der Waals surface area (Å²) in [6.07, 6.45) is 0. The van der Waals surface area contributed by atoms with Crippen LogP contribution < -0.4 is 0 Å². The second-order valence-electron chi connectivity index (χ2n) is 12.4. The SMILES string of the molecule is N#Cc1ccc2c(c1)c1ccccc1n2-c1cccc(-c2cccc(-n3c4ccccc4c4cc5sc6c(C#N)cccc6c5cc43)c2)c1. The van der Waals surface area contributed by atoms with Gasteiger partial charge in [-0.15, -0.1) is 11.3 Å². The summed E-state index contributed by atoms with van der Waals surface area (Å²) in [6, 6.07) is 55.7. The fourth-order valence-corrected chi connectivity index (χ4v) is 8.78. The average Bonchev–Trinajstić information content (AvgIpc) is 3.81. The van der Waals surface area contributed by atoms with E-state index in [1.54, 1.807) is 11.3 Å². The molecule has 226 valence electrons. The van der Waals surface area contributed by atoms with Crippen molar-refractivity contribution in [2.75, 3.05) is 0 Å². The lowest BCUT2D eigenvalue weighted by Gasteiger charge is -2.13. The van der Waals surface area contributed by atoms with Crippen LogP contribution in [0.1, 0.15) is 11.1 Å². The van der Waals surface area contributed by atoms with E-state index in [2.05, 4.69) is 143 Å². The van der Waals surface area contributed by atoms with Crippen LogP contribution in [-0.4, -0.2) is 9.13 Å². The van der Waals surface area contributed by atoms with Crippen molar-refractivity contribution in [3.63, 3.8) is 0 Å². The second kappa shape index (κ2) is 10.4. The van der Waals surface area contributed by atoms with Gasteiger partial charge in [-0.1, -0.05) is 72.8 Å². The molecule has 0 unspecified atom stereocenters. The molecule has 0 atom stereocenters. The van der Waals surface area contributed by atoms with Gasteiger partial charge in [-0.25, -0.2) is 0 Å². The molecule has 49 heavy (non-hydrogen) atoms. The molecule has 7 aromatic carbocycles. The highest BCUT2D eigenvalue weighted by Gasteiger charge is 2.18. The lowest BCUT2D eigenvalue weighted by Crippen LogP contribution is -1.96. The minimum Gasteiger partial charge on any atom is -0.309 e. The molecule has 0 amide bonds. The van der Waals surface area contributed by atoms with Crippen LogP contribution in [0.2, 0.25) is 0 Å². The van der Waals surface area contributed by atoms with Gasteiger partial charge >= 0.3 is 0 Å². The number of hydrogen-bond donors (Lipinski definition) is 0. The lowest BCUT2D eigenvalue weighted by molar-refractivity contribution is 1.17. The van der Waals surface area contributed by atoms with Crippen LogP contribution >= 0.6 is 11.3 Å². The molecule has 0 spiro atoms. The molecule has 5 heteroatoms. The van der Waals surface area contributed by atoms with Crippen LogP contribution in [-0.2, 0) is 0 Å². The smallest absolute Gasteiger partial charge is 0.101 e. The summed E-state index contributed by atoms with van der Waals surface area (Å²) in [6.45, 7) is 0. The van der Waals surface area contributed by atoms with Gasteiger partial charge in [0.2, 0.25) is 0 Å². The van der Waals surface area contributed by atoms with Gasteiger partial charge in [0, 0.05) is 48.4 Å². The molecular formula is C44H24N4S. The average molecular weight is 641 g/mol. The van der Waals surface area contributed by atoms with E-state index in [1.165, 1.54) is 20.9 Å². The van der Waals surface area contributed by atoms with Crippen LogP contribution in [0.15, 0.2) is 146 Å². The predicted molar refractivity (Wildman–Crippen MR) is 203 cm³/mol. The number of rotatable bonds is 3. The summed E-state index contributed by atoms with van der Waals surface area (Å²) in [5.74, 6) is 0. The van der Waals surface area contributed by atoms with E-state index in [4.69, 9.17) is 0 Å². The molecule has 10 rings (SSSR count). The molecule has 4 nitrogen and oxygen atoms in total. The quantitative estimate of drug-likeness (QED) is 0.193. The minimum atomic E-state index is 0.658. The van der Waals surface area contributed by atoms with Crippen molar-refractivity contribution < 1.29 is 0 Å². The Morgan fingerprint density at radius 1 is 0.429 bits per heavy atom. The first-order valence-corrected chi connectivity index (χ1v) is 16.9. The first kappa shape index (κ1) is 27.5. The van der Waals surface area contributed by atoms with Gasteiger partial charge in [0.1, 0.15) is 6.07 Å². The van der Waals surface area contributed by atoms with Crippen LogP contribution in [0.4, 0.5) is 0 Å². The highest BCUT2D eigenvalue weighted by molar-refractivity contribution is 7.26. The third-order valence-corrected chi connectivity index (χ3v) is 11.0. The zero-order chi connectivity index (χ0) is 32.6. The van der Waals surface area contributed by atoms with E-state index in [1.807, 2.05) is 24.3 Å². The second-order valence-corrected chi connectivity index (χ2v) is 13.5. The van der Waals surface area contributed by atoms with Crippen LogP contribution in [0, 0.1) is 22.7 Å². The normalized spacial score (nSPS) is 11.6. The van der Waals surface area contributed by atoms with E-state index in [0.717, 1.165) is 71.0 Å². The molecule has 3 aromatic heterocycles. The predicted octanol–water partition coefficient (Wildman–Crippen LogP) is 11.7. The maximum atomic E-state index is 9.79. The van der Waals surface area contributed by atoms with Gasteiger partial charge in [0.15, 0.2) is 0 Å². The number of aromatic nitrogens is 2. The molecular weight excluding hydrogens is 617 g/mol. The number of thiophene rings is 1. The molecule has 0 saturated carbocycles. The highest BCUT2D eigenvalue weighted by atomic mass is 32.1. The van der Waals surface area contributed by atoms with Crippen LogP contribution in [0.5, 0.6) is 0 Å². The molecule has 0 aliphatic rings. The molecule has 0 aliphatic heterocycles. The molecule has 0 fully saturated rings. The minimum absolute atomic E-state index is 0.658. The van der Waals surface area contributed by atoms with Crippen molar-refractivity contribution in [2.45, 2.75) is 0 Å². The van der Waals surface area contributed by atoms with Crippen molar-refractivity contribution in [1.82, 2.24) is 9.13 Å². The van der Waals surface area contributed by atoms with E-state index >= 15 is 0 Å². The molecule has 0 radical (unpaired) electrons. The van der Waals surface area contributed by atoms with Gasteiger partial charge in [0.25, 0.3) is 0 Å². The van der Waals surface area contributed by atoms with Gasteiger partial charge in [0.05, 0.1) is 44.0 Å². The Labute approximate surface area is 285 Å². The molecule has 3 heterocycles. The lowest BCUT2D eigenvalue weighted by atomic mass is 10.0.